The van der Waals surface area contributed by atoms with Crippen LogP contribution in [0.2, 0.25) is 0 Å². The quantitative estimate of drug-likeness (QED) is 0.682. The van der Waals surface area contributed by atoms with E-state index in [0.717, 1.165) is 43.9 Å². The van der Waals surface area contributed by atoms with Crippen LogP contribution in [0.15, 0.2) is 18.3 Å². The second-order valence-corrected chi connectivity index (χ2v) is 8.17. The van der Waals surface area contributed by atoms with E-state index in [-0.39, 0.29) is 6.03 Å². The van der Waals surface area contributed by atoms with Crippen molar-refractivity contribution in [2.24, 2.45) is 5.92 Å². The summed E-state index contributed by atoms with van der Waals surface area (Å²) in [5.41, 5.74) is 1.04. The molecule has 28 heavy (non-hydrogen) atoms. The Kier molecular flexibility index (Phi) is 7.95. The number of hydrogen-bond donors (Lipinski definition) is 2. The van der Waals surface area contributed by atoms with E-state index in [1.807, 2.05) is 6.20 Å². The lowest BCUT2D eigenvalue weighted by atomic mass is 9.93. The molecule has 1 unspecified atom stereocenters. The van der Waals surface area contributed by atoms with Gasteiger partial charge in [0.1, 0.15) is 5.82 Å². The highest BCUT2D eigenvalue weighted by molar-refractivity contribution is 5.73. The predicted octanol–water partition coefficient (Wildman–Crippen LogP) is 3.38. The summed E-state index contributed by atoms with van der Waals surface area (Å²) in [5, 5.41) is 6.10. The van der Waals surface area contributed by atoms with Crippen LogP contribution in [-0.2, 0) is 6.54 Å². The number of pyridine rings is 1. The highest BCUT2D eigenvalue weighted by atomic mass is 16.2. The summed E-state index contributed by atoms with van der Waals surface area (Å²) in [6.45, 7) is 10.3. The summed E-state index contributed by atoms with van der Waals surface area (Å²) in [6, 6.07) is 4.50. The Hall–Kier alpha value is -1.82. The van der Waals surface area contributed by atoms with Crippen molar-refractivity contribution in [2.75, 3.05) is 37.6 Å². The van der Waals surface area contributed by atoms with Gasteiger partial charge in [-0.1, -0.05) is 32.8 Å². The number of carbonyl (C=O) groups is 1. The molecule has 1 aromatic rings. The second kappa shape index (κ2) is 10.6. The van der Waals surface area contributed by atoms with E-state index in [4.69, 9.17) is 0 Å². The Bertz CT molecular complexity index is 587. The van der Waals surface area contributed by atoms with Gasteiger partial charge < -0.3 is 15.5 Å². The lowest BCUT2D eigenvalue weighted by molar-refractivity contribution is 0.161. The summed E-state index contributed by atoms with van der Waals surface area (Å²) in [5.74, 6) is 1.69. The Morgan fingerprint density at radius 3 is 2.32 bits per heavy atom. The maximum absolute atomic E-state index is 12.3. The molecule has 6 heteroatoms. The zero-order valence-corrected chi connectivity index (χ0v) is 17.6. The first-order chi connectivity index (χ1) is 13.7. The summed E-state index contributed by atoms with van der Waals surface area (Å²) >= 11 is 0. The number of aromatic nitrogens is 1. The van der Waals surface area contributed by atoms with Gasteiger partial charge in [0, 0.05) is 38.4 Å². The molecule has 2 aliphatic rings. The third-order valence-electron chi connectivity index (χ3n) is 6.37. The lowest BCUT2D eigenvalue weighted by Gasteiger charge is -2.33. The van der Waals surface area contributed by atoms with Crippen molar-refractivity contribution in [3.05, 3.63) is 23.9 Å². The van der Waals surface area contributed by atoms with Gasteiger partial charge in [0.05, 0.1) is 0 Å². The number of likely N-dealkylation sites (tertiary alicyclic amines) is 1. The molecule has 2 amide bonds. The van der Waals surface area contributed by atoms with Gasteiger partial charge in [-0.25, -0.2) is 9.78 Å². The fraction of sp³-hybridized carbons (Fsp3) is 0.727. The van der Waals surface area contributed by atoms with E-state index >= 15 is 0 Å². The van der Waals surface area contributed by atoms with Crippen LogP contribution in [0, 0.1) is 5.92 Å². The van der Waals surface area contributed by atoms with Crippen molar-refractivity contribution in [3.63, 3.8) is 0 Å². The van der Waals surface area contributed by atoms with Gasteiger partial charge in [-0.05, 0) is 56.3 Å². The van der Waals surface area contributed by atoms with E-state index in [9.17, 15) is 4.79 Å². The summed E-state index contributed by atoms with van der Waals surface area (Å²) in [4.78, 5) is 21.8. The number of nitrogens with one attached hydrogen (secondary N) is 2. The van der Waals surface area contributed by atoms with Crippen molar-refractivity contribution in [3.8, 4) is 0 Å². The summed E-state index contributed by atoms with van der Waals surface area (Å²) < 4.78 is 0. The SMILES string of the molecule is CCC(CC)C(CNC(=O)NCc1ccc(N2CCCC2)nc1)N1CCCC1. The van der Waals surface area contributed by atoms with Gasteiger partial charge in [0.15, 0.2) is 0 Å². The smallest absolute Gasteiger partial charge is 0.315 e. The van der Waals surface area contributed by atoms with Crippen LogP contribution in [0.25, 0.3) is 0 Å². The highest BCUT2D eigenvalue weighted by Gasteiger charge is 2.27. The number of hydrogen-bond acceptors (Lipinski definition) is 4. The molecule has 2 saturated heterocycles. The van der Waals surface area contributed by atoms with Gasteiger partial charge in [0.2, 0.25) is 0 Å². The number of anilines is 1. The van der Waals surface area contributed by atoms with E-state index in [2.05, 4.69) is 51.4 Å². The molecule has 3 heterocycles. The molecule has 0 aromatic carbocycles. The van der Waals surface area contributed by atoms with Crippen LogP contribution in [0.4, 0.5) is 10.6 Å². The van der Waals surface area contributed by atoms with Gasteiger partial charge >= 0.3 is 6.03 Å². The van der Waals surface area contributed by atoms with Crippen LogP contribution < -0.4 is 15.5 Å². The molecule has 0 aliphatic carbocycles. The van der Waals surface area contributed by atoms with E-state index in [1.165, 1.54) is 38.8 Å². The normalized spacial score (nSPS) is 18.6. The predicted molar refractivity (Wildman–Crippen MR) is 115 cm³/mol. The molecule has 0 spiro atoms. The molecule has 156 valence electrons. The molecular weight excluding hydrogens is 350 g/mol. The lowest BCUT2D eigenvalue weighted by Crippen LogP contribution is -2.48. The molecule has 2 N–H and O–H groups in total. The molecule has 3 rings (SSSR count). The van der Waals surface area contributed by atoms with Crippen LogP contribution in [0.3, 0.4) is 0 Å². The van der Waals surface area contributed by atoms with Gasteiger partial charge in [0.25, 0.3) is 0 Å². The maximum atomic E-state index is 12.3. The number of nitrogens with zero attached hydrogens (tertiary/aromatic N) is 3. The summed E-state index contributed by atoms with van der Waals surface area (Å²) in [7, 11) is 0. The van der Waals surface area contributed by atoms with Crippen molar-refractivity contribution >= 4 is 11.8 Å². The molecule has 0 radical (unpaired) electrons. The van der Waals surface area contributed by atoms with Crippen molar-refractivity contribution in [2.45, 2.75) is 65.0 Å². The maximum Gasteiger partial charge on any atom is 0.315 e. The topological polar surface area (TPSA) is 60.5 Å². The van der Waals surface area contributed by atoms with Crippen molar-refractivity contribution < 1.29 is 4.79 Å². The number of amides is 2. The first-order valence-corrected chi connectivity index (χ1v) is 11.2. The fourth-order valence-corrected chi connectivity index (χ4v) is 4.60. The van der Waals surface area contributed by atoms with E-state index < -0.39 is 0 Å². The zero-order valence-electron chi connectivity index (χ0n) is 17.6. The van der Waals surface area contributed by atoms with E-state index in [1.54, 1.807) is 0 Å². The molecule has 6 nitrogen and oxygen atoms in total. The number of urea groups is 1. The van der Waals surface area contributed by atoms with Crippen LogP contribution in [0.5, 0.6) is 0 Å². The summed E-state index contributed by atoms with van der Waals surface area (Å²) in [6.07, 6.45) is 9.27. The fourth-order valence-electron chi connectivity index (χ4n) is 4.60. The standard InChI is InChI=1S/C22H37N5O/c1-3-19(4-2)20(26-11-5-6-12-26)17-25-22(28)24-16-18-9-10-21(23-15-18)27-13-7-8-14-27/h9-10,15,19-20H,3-8,11-14,16-17H2,1-2H3,(H2,24,25,28). The first-order valence-electron chi connectivity index (χ1n) is 11.2. The van der Waals surface area contributed by atoms with Crippen molar-refractivity contribution in [1.82, 2.24) is 20.5 Å². The van der Waals surface area contributed by atoms with Crippen LogP contribution in [-0.4, -0.2) is 54.7 Å². The Balaban J connectivity index is 1.44. The minimum Gasteiger partial charge on any atom is -0.357 e. The highest BCUT2D eigenvalue weighted by Crippen LogP contribution is 2.22. The van der Waals surface area contributed by atoms with Crippen LogP contribution >= 0.6 is 0 Å². The van der Waals surface area contributed by atoms with E-state index in [0.29, 0.717) is 18.5 Å². The Labute approximate surface area is 170 Å². The first kappa shape index (κ1) is 20.9. The molecule has 2 aliphatic heterocycles. The minimum absolute atomic E-state index is 0.0845. The second-order valence-electron chi connectivity index (χ2n) is 8.17. The molecular formula is C22H37N5O. The average Bonchev–Trinajstić information content (AvgIpc) is 3.44. The largest absolute Gasteiger partial charge is 0.357 e. The van der Waals surface area contributed by atoms with Gasteiger partial charge in [-0.15, -0.1) is 0 Å². The molecule has 1 aromatic heterocycles. The Morgan fingerprint density at radius 1 is 1.04 bits per heavy atom. The number of carbonyl (C=O) groups excluding carboxylic acids is 1. The molecule has 1 atom stereocenters. The third-order valence-corrected chi connectivity index (χ3v) is 6.37. The minimum atomic E-state index is -0.0845. The molecule has 0 saturated carbocycles. The molecule has 2 fully saturated rings. The monoisotopic (exact) mass is 387 g/mol. The van der Waals surface area contributed by atoms with Crippen LogP contribution in [0.1, 0.15) is 57.9 Å². The number of rotatable bonds is 9. The Morgan fingerprint density at radius 2 is 1.71 bits per heavy atom. The zero-order chi connectivity index (χ0) is 19.8. The van der Waals surface area contributed by atoms with Gasteiger partial charge in [-0.2, -0.15) is 0 Å². The van der Waals surface area contributed by atoms with Crippen molar-refractivity contribution in [1.29, 1.82) is 0 Å². The third kappa shape index (κ3) is 5.60. The average molecular weight is 388 g/mol. The molecule has 0 bridgehead atoms. The van der Waals surface area contributed by atoms with Gasteiger partial charge in [-0.3, -0.25) is 4.90 Å².